The number of carbonyl (C=O) groups is 1. The van der Waals surface area contributed by atoms with E-state index < -0.39 is 0 Å². The molecule has 0 bridgehead atoms. The Morgan fingerprint density at radius 2 is 1.88 bits per heavy atom. The highest BCUT2D eigenvalue weighted by Gasteiger charge is 2.12. The van der Waals surface area contributed by atoms with Crippen LogP contribution in [0.4, 0.5) is 5.82 Å². The van der Waals surface area contributed by atoms with Gasteiger partial charge in [0.1, 0.15) is 5.82 Å². The molecule has 138 valence electrons. The minimum Gasteiger partial charge on any atom is -0.379 e. The predicted molar refractivity (Wildman–Crippen MR) is 100 cm³/mol. The molecule has 3 rings (SSSR count). The van der Waals surface area contributed by atoms with Gasteiger partial charge >= 0.3 is 0 Å². The van der Waals surface area contributed by atoms with Gasteiger partial charge in [-0.2, -0.15) is 0 Å². The first kappa shape index (κ1) is 18.6. The van der Waals surface area contributed by atoms with Gasteiger partial charge in [-0.05, 0) is 29.8 Å². The number of benzene rings is 1. The van der Waals surface area contributed by atoms with Crippen LogP contribution in [0.3, 0.4) is 0 Å². The molecule has 1 aromatic carbocycles. The Morgan fingerprint density at radius 3 is 2.58 bits per heavy atom. The largest absolute Gasteiger partial charge is 0.379 e. The third-order valence-electron chi connectivity index (χ3n) is 4.10. The van der Waals surface area contributed by atoms with Crippen molar-refractivity contribution in [2.75, 3.05) is 44.7 Å². The molecule has 1 amide bonds. The maximum atomic E-state index is 12.1. The summed E-state index contributed by atoms with van der Waals surface area (Å²) in [6.07, 6.45) is 0. The fourth-order valence-electron chi connectivity index (χ4n) is 2.59. The molecule has 1 fully saturated rings. The number of hydrogen-bond acceptors (Lipinski definition) is 6. The number of anilines is 1. The molecule has 2 N–H and O–H groups in total. The Hall–Kier alpha value is -2.22. The van der Waals surface area contributed by atoms with Gasteiger partial charge in [0.2, 0.25) is 0 Å². The number of nitrogens with one attached hydrogen (secondary N) is 2. The molecule has 0 atom stereocenters. The lowest BCUT2D eigenvalue weighted by Gasteiger charge is -2.26. The third kappa shape index (κ3) is 5.66. The molecule has 0 radical (unpaired) electrons. The van der Waals surface area contributed by atoms with Crippen LogP contribution >= 0.6 is 11.6 Å². The van der Waals surface area contributed by atoms with Crippen LogP contribution in [0.2, 0.25) is 5.02 Å². The monoisotopic (exact) mass is 375 g/mol. The van der Waals surface area contributed by atoms with Crippen molar-refractivity contribution >= 4 is 23.3 Å². The van der Waals surface area contributed by atoms with Crippen LogP contribution in [0.15, 0.2) is 36.4 Å². The predicted octanol–water partition coefficient (Wildman–Crippen LogP) is 1.80. The van der Waals surface area contributed by atoms with Gasteiger partial charge in [0.15, 0.2) is 5.69 Å². The van der Waals surface area contributed by atoms with Crippen molar-refractivity contribution in [2.24, 2.45) is 0 Å². The Kier molecular flexibility index (Phi) is 6.76. The molecule has 0 aliphatic carbocycles. The summed E-state index contributed by atoms with van der Waals surface area (Å²) in [5.41, 5.74) is 1.39. The van der Waals surface area contributed by atoms with Crippen LogP contribution in [0.5, 0.6) is 0 Å². The lowest BCUT2D eigenvalue weighted by molar-refractivity contribution is 0.0383. The number of nitrogens with zero attached hydrogens (tertiary/aromatic N) is 3. The number of ether oxygens (including phenoxy) is 1. The summed E-state index contributed by atoms with van der Waals surface area (Å²) in [5, 5.41) is 14.8. The molecular weight excluding hydrogens is 354 g/mol. The number of morpholine rings is 1. The average molecular weight is 376 g/mol. The number of halogens is 1. The summed E-state index contributed by atoms with van der Waals surface area (Å²) in [7, 11) is 0. The van der Waals surface area contributed by atoms with E-state index >= 15 is 0 Å². The highest BCUT2D eigenvalue weighted by Crippen LogP contribution is 2.11. The summed E-state index contributed by atoms with van der Waals surface area (Å²) in [4.78, 5) is 14.4. The first-order valence-corrected chi connectivity index (χ1v) is 8.99. The van der Waals surface area contributed by atoms with E-state index in [1.54, 1.807) is 12.1 Å². The molecule has 0 spiro atoms. The van der Waals surface area contributed by atoms with Gasteiger partial charge < -0.3 is 15.4 Å². The zero-order chi connectivity index (χ0) is 18.2. The topological polar surface area (TPSA) is 79.4 Å². The summed E-state index contributed by atoms with van der Waals surface area (Å²) in [6.45, 7) is 5.32. The van der Waals surface area contributed by atoms with Gasteiger partial charge in [0, 0.05) is 37.7 Å². The van der Waals surface area contributed by atoms with Crippen molar-refractivity contribution in [1.82, 2.24) is 20.4 Å². The molecule has 0 saturated carbocycles. The highest BCUT2D eigenvalue weighted by atomic mass is 35.5. The Balaban J connectivity index is 1.42. The van der Waals surface area contributed by atoms with Gasteiger partial charge in [0.25, 0.3) is 5.91 Å². The summed E-state index contributed by atoms with van der Waals surface area (Å²) in [6, 6.07) is 11.0. The molecule has 2 heterocycles. The summed E-state index contributed by atoms with van der Waals surface area (Å²) >= 11 is 5.87. The second kappa shape index (κ2) is 9.47. The van der Waals surface area contributed by atoms with Gasteiger partial charge in [-0.1, -0.05) is 23.7 Å². The Bertz CT molecular complexity index is 703. The number of hydrogen-bond donors (Lipinski definition) is 2. The zero-order valence-electron chi connectivity index (χ0n) is 14.4. The van der Waals surface area contributed by atoms with E-state index in [0.717, 1.165) is 38.4 Å². The fraction of sp³-hybridized carbons (Fsp3) is 0.389. The maximum Gasteiger partial charge on any atom is 0.271 e. The van der Waals surface area contributed by atoms with Crippen LogP contribution in [0.25, 0.3) is 0 Å². The minimum atomic E-state index is -0.213. The van der Waals surface area contributed by atoms with E-state index in [2.05, 4.69) is 25.7 Å². The maximum absolute atomic E-state index is 12.1. The van der Waals surface area contributed by atoms with E-state index in [4.69, 9.17) is 16.3 Å². The second-order valence-corrected chi connectivity index (χ2v) is 6.43. The van der Waals surface area contributed by atoms with Crippen molar-refractivity contribution in [1.29, 1.82) is 0 Å². The highest BCUT2D eigenvalue weighted by molar-refractivity contribution is 6.30. The third-order valence-corrected chi connectivity index (χ3v) is 4.35. The molecule has 2 aromatic rings. The van der Waals surface area contributed by atoms with Gasteiger partial charge in [-0.25, -0.2) is 0 Å². The zero-order valence-corrected chi connectivity index (χ0v) is 15.2. The smallest absolute Gasteiger partial charge is 0.271 e. The van der Waals surface area contributed by atoms with Crippen LogP contribution in [0, 0.1) is 0 Å². The molecule has 1 aromatic heterocycles. The van der Waals surface area contributed by atoms with Crippen molar-refractivity contribution in [2.45, 2.75) is 6.54 Å². The van der Waals surface area contributed by atoms with Gasteiger partial charge in [0.05, 0.1) is 13.2 Å². The molecule has 1 aliphatic rings. The van der Waals surface area contributed by atoms with E-state index in [1.807, 2.05) is 24.3 Å². The fourth-order valence-corrected chi connectivity index (χ4v) is 2.71. The SMILES string of the molecule is O=C(NCCN1CCOCC1)c1ccc(NCc2ccc(Cl)cc2)nn1. The summed E-state index contributed by atoms with van der Waals surface area (Å²) in [5.74, 6) is 0.403. The first-order valence-electron chi connectivity index (χ1n) is 8.61. The standard InChI is InChI=1S/C18H22ClN5O2/c19-15-3-1-14(2-4-15)13-21-17-6-5-16(22-23-17)18(25)20-7-8-24-9-11-26-12-10-24/h1-6H,7-13H2,(H,20,25)(H,21,23). The van der Waals surface area contributed by atoms with Crippen LogP contribution in [0.1, 0.15) is 16.1 Å². The lowest BCUT2D eigenvalue weighted by atomic mass is 10.2. The van der Waals surface area contributed by atoms with Crippen molar-refractivity contribution in [3.05, 3.63) is 52.7 Å². The molecule has 26 heavy (non-hydrogen) atoms. The van der Waals surface area contributed by atoms with Crippen molar-refractivity contribution < 1.29 is 9.53 Å². The quantitative estimate of drug-likeness (QED) is 0.768. The number of amides is 1. The first-order chi connectivity index (χ1) is 12.7. The van der Waals surface area contributed by atoms with Crippen LogP contribution < -0.4 is 10.6 Å². The molecule has 8 heteroatoms. The Morgan fingerprint density at radius 1 is 1.12 bits per heavy atom. The van der Waals surface area contributed by atoms with E-state index in [0.29, 0.717) is 29.6 Å². The van der Waals surface area contributed by atoms with Crippen LogP contribution in [-0.4, -0.2) is 60.4 Å². The van der Waals surface area contributed by atoms with Gasteiger partial charge in [-0.3, -0.25) is 9.69 Å². The second-order valence-electron chi connectivity index (χ2n) is 5.99. The van der Waals surface area contributed by atoms with E-state index in [1.165, 1.54) is 0 Å². The molecular formula is C18H22ClN5O2. The molecule has 1 saturated heterocycles. The van der Waals surface area contributed by atoms with Gasteiger partial charge in [-0.15, -0.1) is 10.2 Å². The number of rotatable bonds is 7. The van der Waals surface area contributed by atoms with Crippen molar-refractivity contribution in [3.8, 4) is 0 Å². The Labute approximate surface area is 157 Å². The molecule has 1 aliphatic heterocycles. The van der Waals surface area contributed by atoms with Crippen molar-refractivity contribution in [3.63, 3.8) is 0 Å². The molecule has 7 nitrogen and oxygen atoms in total. The van der Waals surface area contributed by atoms with Crippen LogP contribution in [-0.2, 0) is 11.3 Å². The van der Waals surface area contributed by atoms with E-state index in [9.17, 15) is 4.79 Å². The number of carbonyl (C=O) groups excluding carboxylic acids is 1. The molecule has 0 unspecified atom stereocenters. The number of aromatic nitrogens is 2. The average Bonchev–Trinajstić information content (AvgIpc) is 2.69. The lowest BCUT2D eigenvalue weighted by Crippen LogP contribution is -2.41. The summed E-state index contributed by atoms with van der Waals surface area (Å²) < 4.78 is 5.30. The minimum absolute atomic E-state index is 0.213. The van der Waals surface area contributed by atoms with E-state index in [-0.39, 0.29) is 5.91 Å². The normalized spacial score (nSPS) is 14.8.